The fourth-order valence-corrected chi connectivity index (χ4v) is 2.52. The van der Waals surface area contributed by atoms with Gasteiger partial charge in [0.2, 0.25) is 10.0 Å². The second-order valence-electron chi connectivity index (χ2n) is 5.83. The van der Waals surface area contributed by atoms with Crippen LogP contribution in [0.25, 0.3) is 0 Å². The summed E-state index contributed by atoms with van der Waals surface area (Å²) < 4.78 is 24.6. The number of carbonyl (C=O) groups is 1. The van der Waals surface area contributed by atoms with E-state index in [1.54, 1.807) is 4.57 Å². The average Bonchev–Trinajstić information content (AvgIpc) is 2.83. The number of hydrogen-bond donors (Lipinski definition) is 2. The van der Waals surface area contributed by atoms with Gasteiger partial charge in [0, 0.05) is 17.8 Å². The first-order chi connectivity index (χ1) is 9.54. The van der Waals surface area contributed by atoms with Gasteiger partial charge in [-0.3, -0.25) is 4.79 Å². The number of nitrogens with two attached hydrogens (primary N) is 1. The Hall–Kier alpha value is -1.34. The lowest BCUT2D eigenvalue weighted by Crippen LogP contribution is -2.45. The third-order valence-electron chi connectivity index (χ3n) is 3.92. The Balaban J connectivity index is 3.23. The molecule has 0 bridgehead atoms. The van der Waals surface area contributed by atoms with Gasteiger partial charge in [0.25, 0.3) is 5.91 Å². The molecule has 0 spiro atoms. The first-order valence-corrected chi connectivity index (χ1v) is 8.66. The number of hydrogen-bond acceptors (Lipinski definition) is 3. The van der Waals surface area contributed by atoms with Crippen molar-refractivity contribution in [3.63, 3.8) is 0 Å². The smallest absolute Gasteiger partial charge is 0.268 e. The Morgan fingerprint density at radius 3 is 2.29 bits per heavy atom. The molecule has 1 heterocycles. The molecule has 0 radical (unpaired) electrons. The number of carbonyl (C=O) groups excluding carboxylic acids is 1. The number of amides is 1. The van der Waals surface area contributed by atoms with Gasteiger partial charge in [-0.15, -0.1) is 0 Å². The Morgan fingerprint density at radius 2 is 1.90 bits per heavy atom. The number of nitrogens with one attached hydrogen (secondary N) is 1. The minimum absolute atomic E-state index is 0.0453. The summed E-state index contributed by atoms with van der Waals surface area (Å²) in [6.45, 7) is 9.72. The molecular weight excluding hydrogens is 290 g/mol. The van der Waals surface area contributed by atoms with E-state index in [9.17, 15) is 13.2 Å². The Labute approximate surface area is 126 Å². The fraction of sp³-hybridized carbons (Fsp3) is 0.643. The van der Waals surface area contributed by atoms with E-state index in [0.717, 1.165) is 12.8 Å². The molecule has 1 rings (SSSR count). The van der Waals surface area contributed by atoms with Crippen molar-refractivity contribution in [3.8, 4) is 0 Å². The minimum atomic E-state index is -3.83. The van der Waals surface area contributed by atoms with Gasteiger partial charge in [0.15, 0.2) is 0 Å². The van der Waals surface area contributed by atoms with Gasteiger partial charge < -0.3 is 9.88 Å². The molecule has 0 saturated heterocycles. The van der Waals surface area contributed by atoms with Crippen LogP contribution in [0.1, 0.15) is 64.0 Å². The van der Waals surface area contributed by atoms with E-state index in [1.165, 1.54) is 12.3 Å². The van der Waals surface area contributed by atoms with Crippen LogP contribution in [0.5, 0.6) is 0 Å². The van der Waals surface area contributed by atoms with Crippen LogP contribution in [-0.2, 0) is 10.0 Å². The van der Waals surface area contributed by atoms with E-state index < -0.39 is 10.0 Å². The molecule has 120 valence electrons. The van der Waals surface area contributed by atoms with Crippen LogP contribution in [0.3, 0.4) is 0 Å². The normalized spacial score (nSPS) is 12.7. The summed E-state index contributed by atoms with van der Waals surface area (Å²) in [6, 6.07) is 1.28. The molecule has 0 aromatic carbocycles. The van der Waals surface area contributed by atoms with Crippen molar-refractivity contribution in [1.82, 2.24) is 9.88 Å². The van der Waals surface area contributed by atoms with Crippen molar-refractivity contribution in [2.24, 2.45) is 5.14 Å². The molecule has 0 aliphatic rings. The van der Waals surface area contributed by atoms with E-state index in [1.807, 2.05) is 34.6 Å². The van der Waals surface area contributed by atoms with Crippen molar-refractivity contribution >= 4 is 15.9 Å². The monoisotopic (exact) mass is 315 g/mol. The van der Waals surface area contributed by atoms with E-state index in [0.29, 0.717) is 5.69 Å². The largest absolute Gasteiger partial charge is 0.346 e. The molecule has 0 aliphatic heterocycles. The number of rotatable bonds is 6. The average molecular weight is 315 g/mol. The maximum Gasteiger partial charge on any atom is 0.268 e. The molecule has 3 N–H and O–H groups in total. The Bertz CT molecular complexity index is 613. The topological polar surface area (TPSA) is 94.2 Å². The molecule has 1 aromatic rings. The highest BCUT2D eigenvalue weighted by Gasteiger charge is 2.26. The van der Waals surface area contributed by atoms with Gasteiger partial charge in [-0.05, 0) is 39.7 Å². The lowest BCUT2D eigenvalue weighted by Gasteiger charge is -2.28. The highest BCUT2D eigenvalue weighted by molar-refractivity contribution is 7.89. The maximum atomic E-state index is 12.5. The van der Waals surface area contributed by atoms with Gasteiger partial charge in [-0.2, -0.15) is 0 Å². The standard InChI is InChI=1S/C14H25N3O3S/c1-6-14(5,7-2)16-13(18)12-8-11(21(15,19)20)9-17(12)10(3)4/h8-10H,6-7H2,1-5H3,(H,16,18)(H2,15,19,20). The molecule has 0 aliphatic carbocycles. The molecule has 0 atom stereocenters. The molecule has 1 aromatic heterocycles. The highest BCUT2D eigenvalue weighted by atomic mass is 32.2. The zero-order valence-electron chi connectivity index (χ0n) is 13.3. The summed E-state index contributed by atoms with van der Waals surface area (Å²) in [5.41, 5.74) is -0.00702. The number of nitrogens with zero attached hydrogens (tertiary/aromatic N) is 1. The summed E-state index contributed by atoms with van der Waals surface area (Å²) in [5, 5.41) is 8.12. The predicted molar refractivity (Wildman–Crippen MR) is 82.6 cm³/mol. The van der Waals surface area contributed by atoms with Crippen LogP contribution < -0.4 is 10.5 Å². The summed E-state index contributed by atoms with van der Waals surface area (Å²) >= 11 is 0. The summed E-state index contributed by atoms with van der Waals surface area (Å²) in [6.07, 6.45) is 2.99. The van der Waals surface area contributed by atoms with Gasteiger partial charge in [0.05, 0.1) is 0 Å². The predicted octanol–water partition coefficient (Wildman–Crippen LogP) is 2.02. The van der Waals surface area contributed by atoms with E-state index in [-0.39, 0.29) is 22.4 Å². The Kier molecular flexibility index (Phi) is 5.22. The van der Waals surface area contributed by atoms with Gasteiger partial charge >= 0.3 is 0 Å². The zero-order valence-corrected chi connectivity index (χ0v) is 14.1. The number of sulfonamides is 1. The van der Waals surface area contributed by atoms with Crippen molar-refractivity contribution < 1.29 is 13.2 Å². The molecular formula is C14H25N3O3S. The molecule has 1 amide bonds. The number of aromatic nitrogens is 1. The SMILES string of the molecule is CCC(C)(CC)NC(=O)c1cc(S(N)(=O)=O)cn1C(C)C. The van der Waals surface area contributed by atoms with Crippen molar-refractivity contribution in [2.45, 2.75) is 63.9 Å². The summed E-state index contributed by atoms with van der Waals surface area (Å²) in [5.74, 6) is -0.287. The second kappa shape index (κ2) is 6.19. The third-order valence-corrected chi connectivity index (χ3v) is 4.80. The van der Waals surface area contributed by atoms with E-state index in [2.05, 4.69) is 5.32 Å². The molecule has 0 fully saturated rings. The zero-order chi connectivity index (χ0) is 16.4. The minimum Gasteiger partial charge on any atom is -0.346 e. The third kappa shape index (κ3) is 4.07. The highest BCUT2D eigenvalue weighted by Crippen LogP contribution is 2.20. The lowest BCUT2D eigenvalue weighted by molar-refractivity contribution is 0.0890. The fourth-order valence-electron chi connectivity index (χ4n) is 1.98. The lowest BCUT2D eigenvalue weighted by atomic mass is 9.95. The molecule has 0 saturated carbocycles. The van der Waals surface area contributed by atoms with E-state index >= 15 is 0 Å². The van der Waals surface area contributed by atoms with Crippen LogP contribution in [0.15, 0.2) is 17.2 Å². The van der Waals surface area contributed by atoms with Gasteiger partial charge in [-0.1, -0.05) is 13.8 Å². The first kappa shape index (κ1) is 17.7. The van der Waals surface area contributed by atoms with Gasteiger partial charge in [0.1, 0.15) is 10.6 Å². The van der Waals surface area contributed by atoms with Crippen LogP contribution in [-0.4, -0.2) is 24.4 Å². The van der Waals surface area contributed by atoms with Crippen LogP contribution >= 0.6 is 0 Å². The molecule has 0 unspecified atom stereocenters. The quantitative estimate of drug-likeness (QED) is 0.841. The first-order valence-electron chi connectivity index (χ1n) is 7.11. The molecule has 6 nitrogen and oxygen atoms in total. The van der Waals surface area contributed by atoms with Crippen molar-refractivity contribution in [1.29, 1.82) is 0 Å². The summed E-state index contributed by atoms with van der Waals surface area (Å²) in [7, 11) is -3.83. The summed E-state index contributed by atoms with van der Waals surface area (Å²) in [4.78, 5) is 12.4. The van der Waals surface area contributed by atoms with Crippen LogP contribution in [0.4, 0.5) is 0 Å². The van der Waals surface area contributed by atoms with E-state index in [4.69, 9.17) is 5.14 Å². The number of primary sulfonamides is 1. The van der Waals surface area contributed by atoms with Crippen LogP contribution in [0.2, 0.25) is 0 Å². The van der Waals surface area contributed by atoms with Crippen molar-refractivity contribution in [3.05, 3.63) is 18.0 Å². The molecule has 21 heavy (non-hydrogen) atoms. The van der Waals surface area contributed by atoms with Crippen LogP contribution in [0, 0.1) is 0 Å². The van der Waals surface area contributed by atoms with Crippen molar-refractivity contribution in [2.75, 3.05) is 0 Å². The maximum absolute atomic E-state index is 12.5. The second-order valence-corrected chi connectivity index (χ2v) is 7.39. The van der Waals surface area contributed by atoms with Gasteiger partial charge in [-0.25, -0.2) is 13.6 Å². The Morgan fingerprint density at radius 1 is 1.38 bits per heavy atom. The molecule has 7 heteroatoms.